The van der Waals surface area contributed by atoms with Crippen LogP contribution in [0.15, 0.2) is 85.5 Å². The van der Waals surface area contributed by atoms with Gasteiger partial charge in [0.1, 0.15) is 42.1 Å². The third-order valence-electron chi connectivity index (χ3n) is 20.7. The number of halogens is 4. The Labute approximate surface area is 715 Å². The van der Waals surface area contributed by atoms with Gasteiger partial charge in [-0.15, -0.1) is 45.3 Å². The van der Waals surface area contributed by atoms with Crippen molar-refractivity contribution >= 4 is 146 Å². The van der Waals surface area contributed by atoms with Gasteiger partial charge in [-0.1, -0.05) is 24.3 Å². The number of aliphatic hydroxyl groups is 1. The Hall–Kier alpha value is -11.7. The Morgan fingerprint density at radius 3 is 1.02 bits per heavy atom. The Kier molecular flexibility index (Phi) is 28.5. The van der Waals surface area contributed by atoms with Crippen molar-refractivity contribution in [2.24, 2.45) is 23.7 Å². The fourth-order valence-corrected chi connectivity index (χ4v) is 17.7. The number of ether oxygens (including phenoxy) is 1. The number of aryl methyl sites for hydroxylation is 4. The van der Waals surface area contributed by atoms with Crippen LogP contribution < -0.4 is 31.9 Å². The van der Waals surface area contributed by atoms with Crippen molar-refractivity contribution in [3.05, 3.63) is 174 Å². The molecular weight excluding hydrogens is 1650 g/mol. The number of rotatable bonds is 23. The molecule has 0 unspecified atom stereocenters. The van der Waals surface area contributed by atoms with E-state index in [1.54, 1.807) is 51.2 Å². The number of nitrogens with zero attached hydrogens (tertiary/aromatic N) is 18. The maximum Gasteiger partial charge on any atom is 0.274 e. The lowest BCUT2D eigenvalue weighted by molar-refractivity contribution is -0.120. The third-order valence-corrected chi connectivity index (χ3v) is 24.6. The van der Waals surface area contributed by atoms with E-state index in [0.717, 1.165) is 62.8 Å². The van der Waals surface area contributed by atoms with Crippen LogP contribution in [0.3, 0.4) is 0 Å². The summed E-state index contributed by atoms with van der Waals surface area (Å²) in [5.41, 5.74) is 5.92. The highest BCUT2D eigenvalue weighted by Crippen LogP contribution is 2.35. The van der Waals surface area contributed by atoms with E-state index in [-0.39, 0.29) is 113 Å². The van der Waals surface area contributed by atoms with E-state index in [9.17, 15) is 51.4 Å². The molecule has 12 aromatic rings. The lowest BCUT2D eigenvalue weighted by atomic mass is 10.0. The van der Waals surface area contributed by atoms with E-state index >= 15 is 0 Å². The average molecular weight is 1750 g/mol. The molecule has 4 aliphatic heterocycles. The van der Waals surface area contributed by atoms with Crippen LogP contribution in [0, 0.1) is 74.6 Å². The number of fused-ring (bicyclic) bond motifs is 4. The number of aliphatic hydroxyl groups excluding tert-OH is 1. The number of methoxy groups -OCH3 is 1. The summed E-state index contributed by atoms with van der Waals surface area (Å²) in [5.74, 6) is -0.362. The minimum atomic E-state index is -0.429. The van der Waals surface area contributed by atoms with Crippen LogP contribution in [-0.4, -0.2) is 216 Å². The van der Waals surface area contributed by atoms with E-state index < -0.39 is 11.6 Å². The summed E-state index contributed by atoms with van der Waals surface area (Å²) >= 11 is 5.56. The van der Waals surface area contributed by atoms with E-state index in [4.69, 9.17) is 4.74 Å². The summed E-state index contributed by atoms with van der Waals surface area (Å²) in [6.07, 6.45) is 7.83. The molecule has 0 spiro atoms. The molecule has 7 atom stereocenters. The molecule has 4 fully saturated rings. The van der Waals surface area contributed by atoms with Crippen molar-refractivity contribution in [1.29, 1.82) is 0 Å². The highest BCUT2D eigenvalue weighted by molar-refractivity contribution is 7.20. The molecule has 0 radical (unpaired) electrons. The van der Waals surface area contributed by atoms with E-state index in [2.05, 4.69) is 102 Å². The lowest BCUT2D eigenvalue weighted by Crippen LogP contribution is -2.51. The maximum absolute atomic E-state index is 13.5. The third kappa shape index (κ3) is 21.9. The minimum absolute atomic E-state index is 0.0700. The second kappa shape index (κ2) is 39.4. The lowest BCUT2D eigenvalue weighted by Gasteiger charge is -2.38. The first kappa shape index (κ1) is 88.1. The normalized spacial score (nSPS) is 16.7. The second-order valence-corrected chi connectivity index (χ2v) is 35.2. The van der Waals surface area contributed by atoms with Crippen molar-refractivity contribution in [3.63, 3.8) is 0 Å². The average Bonchev–Trinajstić information content (AvgIpc) is 1.63. The fourth-order valence-electron chi connectivity index (χ4n) is 14.3. The Balaban J connectivity index is 0.000000140. The summed E-state index contributed by atoms with van der Waals surface area (Å²) < 4.78 is 62.0. The maximum atomic E-state index is 13.5. The van der Waals surface area contributed by atoms with Gasteiger partial charge in [0.15, 0.2) is 45.4 Å². The SMILES string of the molecule is CC(=O)NC[C@@H]1CCN(C(=O)c2nc(N[C@@H](C)c3cncc(F)c3)nc3nc(C)sc23)C1.CC(=O)NC[C@H]1CCN(C(=O)c2nc(N[C@@H](C)c3cncc(F)c3)nc3nc(C)sc23)C1.COCC1CN(C(=O)c2nc(N[C@@H](C)c3cccc(F)c3)nc3nc(C)sc23)C1.Cc1nc2nc(N[C@@H](C)c3cccc(F)c3)nc(C(=O)N3CC[C@H](CO)C3)c2s1. The minimum Gasteiger partial charge on any atom is -0.396 e. The number of carbonyl (C=O) groups excluding carboxylic acids is 6. The quantitative estimate of drug-likeness (QED) is 0.0292. The number of thiazole rings is 4. The van der Waals surface area contributed by atoms with Gasteiger partial charge in [-0.3, -0.25) is 38.7 Å². The molecule has 2 aromatic carbocycles. The topological polar surface area (TPSA) is 397 Å². The van der Waals surface area contributed by atoms with Crippen LogP contribution >= 0.6 is 45.3 Å². The van der Waals surface area contributed by atoms with Gasteiger partial charge in [0, 0.05) is 117 Å². The first-order valence-corrected chi connectivity index (χ1v) is 42.9. The van der Waals surface area contributed by atoms with Crippen LogP contribution in [0.5, 0.6) is 0 Å². The number of amides is 6. The molecule has 14 heterocycles. The number of benzene rings is 2. The zero-order valence-corrected chi connectivity index (χ0v) is 72.1. The molecule has 7 N–H and O–H groups in total. The number of hydrogen-bond donors (Lipinski definition) is 7. The van der Waals surface area contributed by atoms with Crippen molar-refractivity contribution in [1.82, 2.24) is 100 Å². The van der Waals surface area contributed by atoms with Gasteiger partial charge in [-0.25, -0.2) is 57.4 Å². The number of likely N-dealkylation sites (tertiary alicyclic amines) is 4. The van der Waals surface area contributed by atoms with Gasteiger partial charge >= 0.3 is 0 Å². The Morgan fingerprint density at radius 1 is 0.418 bits per heavy atom. The standard InChI is InChI=1S/2C21H24FN7O2S.2C20H22FN5O2S/c2*1-11(15-6-16(22)9-23-8-15)25-21-27-17(18-19(28-21)26-13(3)32-18)20(31)29-5-4-14(10-29)7-24-12(2)30;1-11(14-5-4-6-15(21)7-14)22-20-24-16(17-18(25-20)23-12(2)29-17)19(27)26-8-13(9-26)10-28-3;1-11(14-4-3-5-15(21)8-14)22-20-24-16(17-18(25-20)23-12(2)29-17)19(28)26-7-6-13(9-26)10-27/h2*6,8-9,11,14H,4-5,7,10H2,1-3H3,(H,24,30)(H,25,27,28);4-7,11,13H,8-10H2,1-3H3,(H,22,24,25);3-5,8,11,13,27H,6-7,9-10H2,1-2H3,(H,22,24,25)/t11-,14+;11-,14-;11-;11-,13-/m0000/s1. The van der Waals surface area contributed by atoms with Gasteiger partial charge < -0.3 is 61.3 Å². The van der Waals surface area contributed by atoms with Gasteiger partial charge in [-0.2, -0.15) is 19.9 Å². The van der Waals surface area contributed by atoms with Crippen LogP contribution in [0.2, 0.25) is 0 Å². The summed E-state index contributed by atoms with van der Waals surface area (Å²) in [4.78, 5) is 144. The molecule has 0 saturated carbocycles. The molecule has 6 amide bonds. The van der Waals surface area contributed by atoms with Crippen LogP contribution in [0.1, 0.15) is 169 Å². The predicted molar refractivity (Wildman–Crippen MR) is 457 cm³/mol. The molecule has 0 bridgehead atoms. The van der Waals surface area contributed by atoms with E-state index in [1.807, 2.05) is 67.5 Å². The fraction of sp³-hybridized carbons (Fsp3) is 0.415. The highest BCUT2D eigenvalue weighted by Gasteiger charge is 2.37. The zero-order valence-electron chi connectivity index (χ0n) is 68.8. The number of pyridine rings is 2. The van der Waals surface area contributed by atoms with Gasteiger partial charge in [0.2, 0.25) is 35.6 Å². The van der Waals surface area contributed by atoms with E-state index in [1.165, 1.54) is 95.6 Å². The number of anilines is 4. The van der Waals surface area contributed by atoms with Crippen LogP contribution in [-0.2, 0) is 14.3 Å². The van der Waals surface area contributed by atoms with Crippen molar-refractivity contribution in [3.8, 4) is 0 Å². The first-order valence-electron chi connectivity index (χ1n) is 39.6. The molecule has 122 heavy (non-hydrogen) atoms. The summed E-state index contributed by atoms with van der Waals surface area (Å²) in [6.45, 7) is 24.4. The zero-order chi connectivity index (χ0) is 86.7. The molecule has 40 heteroatoms. The van der Waals surface area contributed by atoms with Gasteiger partial charge in [-0.05, 0) is 145 Å². The first-order chi connectivity index (χ1) is 58.5. The molecule has 0 aliphatic carbocycles. The van der Waals surface area contributed by atoms with Gasteiger partial charge in [0.05, 0.1) is 63.2 Å². The number of nitrogens with one attached hydrogen (secondary N) is 6. The molecule has 32 nitrogen and oxygen atoms in total. The molecule has 640 valence electrons. The van der Waals surface area contributed by atoms with Crippen LogP contribution in [0.25, 0.3) is 41.4 Å². The predicted octanol–water partition coefficient (Wildman–Crippen LogP) is 12.0. The summed E-state index contributed by atoms with van der Waals surface area (Å²) in [5, 5.41) is 30.8. The number of aromatic nitrogens is 14. The Morgan fingerprint density at radius 2 is 0.721 bits per heavy atom. The van der Waals surface area contributed by atoms with Crippen molar-refractivity contribution in [2.75, 3.05) is 107 Å². The molecule has 4 saturated heterocycles. The van der Waals surface area contributed by atoms with Gasteiger partial charge in [0.25, 0.3) is 23.6 Å². The summed E-state index contributed by atoms with van der Waals surface area (Å²) in [6, 6.07) is 14.3. The molecule has 16 rings (SSSR count). The second-order valence-electron chi connectivity index (χ2n) is 30.4. The number of hydrogen-bond acceptors (Lipinski definition) is 30. The smallest absolute Gasteiger partial charge is 0.274 e. The summed E-state index contributed by atoms with van der Waals surface area (Å²) in [7, 11) is 1.66. The largest absolute Gasteiger partial charge is 0.396 e. The molecular formula is C82H92F4N24O8S4. The van der Waals surface area contributed by atoms with Crippen LogP contribution in [0.4, 0.5) is 41.4 Å². The van der Waals surface area contributed by atoms with Crippen molar-refractivity contribution < 1.29 is 56.2 Å². The molecule has 10 aromatic heterocycles. The number of carbonyl (C=O) groups is 6. The monoisotopic (exact) mass is 1740 g/mol. The Bertz CT molecular complexity index is 5660. The van der Waals surface area contributed by atoms with Crippen molar-refractivity contribution in [2.45, 2.75) is 113 Å². The molecule has 4 aliphatic rings. The highest BCUT2D eigenvalue weighted by atomic mass is 32.1. The van der Waals surface area contributed by atoms with E-state index in [0.29, 0.717) is 159 Å².